The molecule has 0 fully saturated rings. The predicted octanol–water partition coefficient (Wildman–Crippen LogP) is 6.00. The number of aryl methyl sites for hydroxylation is 4. The third-order valence-corrected chi connectivity index (χ3v) is 6.73. The number of thiophene rings is 1. The highest BCUT2D eigenvalue weighted by atomic mass is 32.1. The fraction of sp³-hybridized carbons (Fsp3) is 0.333. The summed E-state index contributed by atoms with van der Waals surface area (Å²) < 4.78 is 7.59. The highest BCUT2D eigenvalue weighted by Crippen LogP contribution is 2.27. The molecule has 4 aromatic rings. The minimum absolute atomic E-state index is 0.133. The second-order valence-electron chi connectivity index (χ2n) is 9.00. The molecule has 34 heavy (non-hydrogen) atoms. The van der Waals surface area contributed by atoms with Crippen LogP contribution in [0.15, 0.2) is 40.6 Å². The van der Waals surface area contributed by atoms with Crippen molar-refractivity contribution in [1.82, 2.24) is 19.5 Å². The molecule has 4 rings (SSSR count). The van der Waals surface area contributed by atoms with Crippen LogP contribution in [0.25, 0.3) is 16.9 Å². The molecule has 0 bridgehead atoms. The van der Waals surface area contributed by atoms with E-state index in [2.05, 4.69) is 42.2 Å². The third-order valence-electron chi connectivity index (χ3n) is 5.82. The molecule has 3 aromatic heterocycles. The van der Waals surface area contributed by atoms with E-state index in [1.54, 1.807) is 22.8 Å². The van der Waals surface area contributed by atoms with Crippen molar-refractivity contribution in [2.24, 2.45) is 0 Å². The Morgan fingerprint density at radius 3 is 2.47 bits per heavy atom. The molecule has 0 saturated heterocycles. The molecule has 0 atom stereocenters. The van der Waals surface area contributed by atoms with Gasteiger partial charge in [-0.05, 0) is 63.3 Å². The van der Waals surface area contributed by atoms with Gasteiger partial charge in [0.25, 0.3) is 5.56 Å². The van der Waals surface area contributed by atoms with E-state index in [1.807, 2.05) is 45.2 Å². The lowest BCUT2D eigenvalue weighted by molar-refractivity contribution is 0.289. The molecule has 0 saturated carbocycles. The molecule has 6 nitrogen and oxygen atoms in total. The Kier molecular flexibility index (Phi) is 6.66. The van der Waals surface area contributed by atoms with Gasteiger partial charge in [0.2, 0.25) is 5.88 Å². The van der Waals surface area contributed by atoms with Crippen molar-refractivity contribution in [3.05, 3.63) is 85.0 Å². The zero-order chi connectivity index (χ0) is 24.6. The molecule has 176 valence electrons. The lowest BCUT2D eigenvalue weighted by atomic mass is 10.0. The summed E-state index contributed by atoms with van der Waals surface area (Å²) in [5.74, 6) is 1.99. The average molecular weight is 475 g/mol. The zero-order valence-corrected chi connectivity index (χ0v) is 21.6. The Morgan fingerprint density at radius 2 is 1.79 bits per heavy atom. The van der Waals surface area contributed by atoms with Crippen LogP contribution < -0.4 is 10.3 Å². The molecule has 3 heterocycles. The van der Waals surface area contributed by atoms with Gasteiger partial charge in [-0.15, -0.1) is 11.3 Å². The standard InChI is InChI=1S/C27H30N4O2S/c1-15(2)25-28-12-17(4)24(30-25)22-9-8-16(3)23(11-22)31-20(7)29-26(19(6)27(31)32)33-13-21-10-18(5)34-14-21/h8-12,14-15H,13H2,1-7H3. The first-order chi connectivity index (χ1) is 16.2. The van der Waals surface area contributed by atoms with Gasteiger partial charge >= 0.3 is 0 Å². The number of ether oxygens (including phenoxy) is 1. The molecule has 0 N–H and O–H groups in total. The van der Waals surface area contributed by atoms with Gasteiger partial charge in [-0.1, -0.05) is 26.0 Å². The van der Waals surface area contributed by atoms with Crippen molar-refractivity contribution < 1.29 is 4.74 Å². The van der Waals surface area contributed by atoms with E-state index in [9.17, 15) is 4.79 Å². The highest BCUT2D eigenvalue weighted by molar-refractivity contribution is 7.10. The fourth-order valence-electron chi connectivity index (χ4n) is 3.86. The molecule has 0 spiro atoms. The number of benzene rings is 1. The molecule has 0 aliphatic carbocycles. The predicted molar refractivity (Wildman–Crippen MR) is 137 cm³/mol. The Hall–Kier alpha value is -3.32. The van der Waals surface area contributed by atoms with Crippen LogP contribution in [0.2, 0.25) is 0 Å². The smallest absolute Gasteiger partial charge is 0.264 e. The first kappa shape index (κ1) is 23.8. The Labute approximate surface area is 204 Å². The SMILES string of the molecule is Cc1cc(COc2nc(C)n(-c3cc(-c4nc(C(C)C)ncc4C)ccc3C)c(=O)c2C)cs1. The van der Waals surface area contributed by atoms with Gasteiger partial charge < -0.3 is 4.74 Å². The average Bonchev–Trinajstić information content (AvgIpc) is 3.22. The van der Waals surface area contributed by atoms with E-state index >= 15 is 0 Å². The summed E-state index contributed by atoms with van der Waals surface area (Å²) in [5, 5.41) is 2.06. The maximum atomic E-state index is 13.5. The number of nitrogens with zero attached hydrogens (tertiary/aromatic N) is 4. The summed E-state index contributed by atoms with van der Waals surface area (Å²) in [4.78, 5) is 28.6. The second-order valence-corrected chi connectivity index (χ2v) is 10.1. The Bertz CT molecular complexity index is 1420. The normalized spacial score (nSPS) is 11.3. The van der Waals surface area contributed by atoms with Gasteiger partial charge in [-0.2, -0.15) is 4.98 Å². The van der Waals surface area contributed by atoms with Gasteiger partial charge in [-0.3, -0.25) is 9.36 Å². The minimum atomic E-state index is -0.133. The van der Waals surface area contributed by atoms with Crippen molar-refractivity contribution in [3.8, 4) is 22.8 Å². The topological polar surface area (TPSA) is 69.9 Å². The van der Waals surface area contributed by atoms with Crippen LogP contribution >= 0.6 is 11.3 Å². The second kappa shape index (κ2) is 9.50. The van der Waals surface area contributed by atoms with Crippen LogP contribution in [0.4, 0.5) is 0 Å². The molecular formula is C27H30N4O2S. The van der Waals surface area contributed by atoms with Crippen LogP contribution in [0.3, 0.4) is 0 Å². The van der Waals surface area contributed by atoms with E-state index in [0.717, 1.165) is 39.5 Å². The van der Waals surface area contributed by atoms with E-state index in [4.69, 9.17) is 9.72 Å². The third kappa shape index (κ3) is 4.66. The minimum Gasteiger partial charge on any atom is -0.472 e. The summed E-state index contributed by atoms with van der Waals surface area (Å²) in [6.45, 7) is 14.2. The number of aromatic nitrogens is 4. The van der Waals surface area contributed by atoms with Gasteiger partial charge in [0.15, 0.2) is 0 Å². The molecule has 0 aliphatic rings. The zero-order valence-electron chi connectivity index (χ0n) is 20.8. The van der Waals surface area contributed by atoms with E-state index in [-0.39, 0.29) is 11.5 Å². The quantitative estimate of drug-likeness (QED) is 0.343. The largest absolute Gasteiger partial charge is 0.472 e. The summed E-state index contributed by atoms with van der Waals surface area (Å²) in [5.41, 5.74) is 6.02. The molecule has 0 radical (unpaired) electrons. The summed E-state index contributed by atoms with van der Waals surface area (Å²) in [6, 6.07) is 8.16. The van der Waals surface area contributed by atoms with Crippen molar-refractivity contribution >= 4 is 11.3 Å². The van der Waals surface area contributed by atoms with Crippen LogP contribution in [-0.2, 0) is 6.61 Å². The van der Waals surface area contributed by atoms with Crippen LogP contribution in [0.1, 0.15) is 58.5 Å². The van der Waals surface area contributed by atoms with E-state index in [0.29, 0.717) is 23.9 Å². The van der Waals surface area contributed by atoms with Crippen molar-refractivity contribution in [2.45, 2.75) is 61.0 Å². The maximum Gasteiger partial charge on any atom is 0.264 e. The molecule has 0 unspecified atom stereocenters. The summed E-state index contributed by atoms with van der Waals surface area (Å²) in [7, 11) is 0. The van der Waals surface area contributed by atoms with Gasteiger partial charge in [0, 0.05) is 28.1 Å². The van der Waals surface area contributed by atoms with E-state index < -0.39 is 0 Å². The lowest BCUT2D eigenvalue weighted by Crippen LogP contribution is -2.26. The Balaban J connectivity index is 1.76. The first-order valence-corrected chi connectivity index (χ1v) is 12.3. The maximum absolute atomic E-state index is 13.5. The number of hydrogen-bond acceptors (Lipinski definition) is 6. The molecule has 1 aromatic carbocycles. The monoisotopic (exact) mass is 474 g/mol. The van der Waals surface area contributed by atoms with Crippen LogP contribution in [0.5, 0.6) is 5.88 Å². The van der Waals surface area contributed by atoms with Gasteiger partial charge in [0.05, 0.1) is 16.9 Å². The molecular weight excluding hydrogens is 444 g/mol. The van der Waals surface area contributed by atoms with Crippen molar-refractivity contribution in [1.29, 1.82) is 0 Å². The molecule has 7 heteroatoms. The summed E-state index contributed by atoms with van der Waals surface area (Å²) >= 11 is 1.68. The molecule has 0 aliphatic heterocycles. The lowest BCUT2D eigenvalue weighted by Gasteiger charge is -2.17. The molecule has 0 amide bonds. The van der Waals surface area contributed by atoms with Gasteiger partial charge in [-0.25, -0.2) is 9.97 Å². The number of rotatable bonds is 6. The van der Waals surface area contributed by atoms with Gasteiger partial charge in [0.1, 0.15) is 18.3 Å². The fourth-order valence-corrected chi connectivity index (χ4v) is 4.55. The van der Waals surface area contributed by atoms with Crippen molar-refractivity contribution in [2.75, 3.05) is 0 Å². The summed E-state index contributed by atoms with van der Waals surface area (Å²) in [6.07, 6.45) is 1.86. The van der Waals surface area contributed by atoms with Crippen molar-refractivity contribution in [3.63, 3.8) is 0 Å². The highest BCUT2D eigenvalue weighted by Gasteiger charge is 2.17. The first-order valence-electron chi connectivity index (χ1n) is 11.4. The van der Waals surface area contributed by atoms with E-state index in [1.165, 1.54) is 4.88 Å². The van der Waals surface area contributed by atoms with Crippen LogP contribution in [-0.4, -0.2) is 19.5 Å². The number of hydrogen-bond donors (Lipinski definition) is 0. The Morgan fingerprint density at radius 1 is 1.03 bits per heavy atom. The van der Waals surface area contributed by atoms with Crippen LogP contribution in [0, 0.1) is 34.6 Å².